The highest BCUT2D eigenvalue weighted by atomic mass is 16.2. The van der Waals surface area contributed by atoms with Crippen LogP contribution in [0.3, 0.4) is 0 Å². The molecule has 16 heavy (non-hydrogen) atoms. The monoisotopic (exact) mass is 224 g/mol. The number of carbonyl (C=O) groups excluding carboxylic acids is 1. The van der Waals surface area contributed by atoms with E-state index in [4.69, 9.17) is 5.73 Å². The lowest BCUT2D eigenvalue weighted by Crippen LogP contribution is -2.69. The Hall–Kier alpha value is -0.570. The fourth-order valence-electron chi connectivity index (χ4n) is 3.13. The van der Waals surface area contributed by atoms with Crippen molar-refractivity contribution in [2.45, 2.75) is 57.4 Å². The van der Waals surface area contributed by atoms with Gasteiger partial charge in [-0.1, -0.05) is 32.6 Å². The normalized spacial score (nSPS) is 25.2. The molecule has 0 aromatic heterocycles. The molecule has 0 aromatic rings. The zero-order valence-electron chi connectivity index (χ0n) is 10.4. The van der Waals surface area contributed by atoms with Gasteiger partial charge in [0.05, 0.1) is 5.54 Å². The highest BCUT2D eigenvalue weighted by Crippen LogP contribution is 2.30. The van der Waals surface area contributed by atoms with Gasteiger partial charge in [0, 0.05) is 19.0 Å². The van der Waals surface area contributed by atoms with Crippen LogP contribution in [0.15, 0.2) is 0 Å². The van der Waals surface area contributed by atoms with Crippen molar-refractivity contribution in [3.8, 4) is 0 Å². The SMILES string of the molecule is CCCC1(N)CN(C(=O)C2CCCCC2)C1. The maximum atomic E-state index is 12.1. The number of hydrogen-bond donors (Lipinski definition) is 1. The van der Waals surface area contributed by atoms with Gasteiger partial charge in [-0.2, -0.15) is 0 Å². The Labute approximate surface area is 98.4 Å². The fourth-order valence-corrected chi connectivity index (χ4v) is 3.13. The first-order valence-electron chi connectivity index (χ1n) is 6.72. The molecule has 3 nitrogen and oxygen atoms in total. The molecule has 0 unspecified atom stereocenters. The zero-order valence-corrected chi connectivity index (χ0v) is 10.4. The van der Waals surface area contributed by atoms with Crippen molar-refractivity contribution in [3.05, 3.63) is 0 Å². The van der Waals surface area contributed by atoms with E-state index >= 15 is 0 Å². The van der Waals surface area contributed by atoms with Gasteiger partial charge in [-0.25, -0.2) is 0 Å². The number of amides is 1. The van der Waals surface area contributed by atoms with Crippen LogP contribution in [-0.2, 0) is 4.79 Å². The van der Waals surface area contributed by atoms with Gasteiger partial charge in [0.25, 0.3) is 0 Å². The summed E-state index contributed by atoms with van der Waals surface area (Å²) in [5.74, 6) is 0.678. The second-order valence-electron chi connectivity index (χ2n) is 5.64. The Morgan fingerprint density at radius 2 is 1.94 bits per heavy atom. The van der Waals surface area contributed by atoms with Crippen LogP contribution < -0.4 is 5.73 Å². The largest absolute Gasteiger partial charge is 0.339 e. The minimum Gasteiger partial charge on any atom is -0.339 e. The molecule has 0 radical (unpaired) electrons. The quantitative estimate of drug-likeness (QED) is 0.796. The van der Waals surface area contributed by atoms with E-state index in [0.29, 0.717) is 11.8 Å². The van der Waals surface area contributed by atoms with E-state index in [1.165, 1.54) is 19.3 Å². The Bertz CT molecular complexity index is 253. The van der Waals surface area contributed by atoms with E-state index in [-0.39, 0.29) is 5.54 Å². The van der Waals surface area contributed by atoms with Crippen LogP contribution in [0, 0.1) is 5.92 Å². The van der Waals surface area contributed by atoms with E-state index in [0.717, 1.165) is 38.8 Å². The van der Waals surface area contributed by atoms with Gasteiger partial charge >= 0.3 is 0 Å². The number of nitrogens with two attached hydrogens (primary N) is 1. The van der Waals surface area contributed by atoms with Crippen LogP contribution in [0.4, 0.5) is 0 Å². The third-order valence-corrected chi connectivity index (χ3v) is 4.03. The standard InChI is InChI=1S/C13H24N2O/c1-2-8-13(14)9-15(10-13)12(16)11-6-4-3-5-7-11/h11H,2-10,14H2,1H3. The molecular weight excluding hydrogens is 200 g/mol. The molecule has 3 heteroatoms. The molecule has 1 amide bonds. The summed E-state index contributed by atoms with van der Waals surface area (Å²) >= 11 is 0. The Morgan fingerprint density at radius 1 is 1.31 bits per heavy atom. The van der Waals surface area contributed by atoms with Crippen molar-refractivity contribution < 1.29 is 4.79 Å². The Morgan fingerprint density at radius 3 is 2.50 bits per heavy atom. The Kier molecular flexibility index (Phi) is 3.53. The van der Waals surface area contributed by atoms with Crippen molar-refractivity contribution in [3.63, 3.8) is 0 Å². The predicted octanol–water partition coefficient (Wildman–Crippen LogP) is 1.91. The lowest BCUT2D eigenvalue weighted by Gasteiger charge is -2.49. The molecular formula is C13H24N2O. The van der Waals surface area contributed by atoms with Crippen LogP contribution in [0.1, 0.15) is 51.9 Å². The maximum absolute atomic E-state index is 12.1. The smallest absolute Gasteiger partial charge is 0.225 e. The van der Waals surface area contributed by atoms with Crippen LogP contribution in [0.5, 0.6) is 0 Å². The lowest BCUT2D eigenvalue weighted by atomic mass is 9.82. The van der Waals surface area contributed by atoms with Crippen LogP contribution in [0.2, 0.25) is 0 Å². The highest BCUT2D eigenvalue weighted by molar-refractivity contribution is 5.80. The number of hydrogen-bond acceptors (Lipinski definition) is 2. The van der Waals surface area contributed by atoms with Crippen LogP contribution in [-0.4, -0.2) is 29.4 Å². The van der Waals surface area contributed by atoms with Gasteiger partial charge in [-0.05, 0) is 19.3 Å². The minimum atomic E-state index is -0.0704. The van der Waals surface area contributed by atoms with Gasteiger partial charge in [0.15, 0.2) is 0 Å². The molecule has 2 aliphatic rings. The highest BCUT2D eigenvalue weighted by Gasteiger charge is 2.42. The number of rotatable bonds is 3. The molecule has 2 fully saturated rings. The minimum absolute atomic E-state index is 0.0704. The van der Waals surface area contributed by atoms with Crippen LogP contribution in [0.25, 0.3) is 0 Å². The van der Waals surface area contributed by atoms with Gasteiger partial charge in [0.2, 0.25) is 5.91 Å². The molecule has 1 aliphatic heterocycles. The molecule has 0 spiro atoms. The summed E-state index contributed by atoms with van der Waals surface area (Å²) in [6.07, 6.45) is 8.12. The van der Waals surface area contributed by atoms with Crippen molar-refractivity contribution in [1.82, 2.24) is 4.90 Å². The van der Waals surface area contributed by atoms with E-state index in [2.05, 4.69) is 6.92 Å². The molecule has 2 rings (SSSR count). The summed E-state index contributed by atoms with van der Waals surface area (Å²) in [5.41, 5.74) is 6.11. The molecule has 0 aromatic carbocycles. The van der Waals surface area contributed by atoms with Crippen molar-refractivity contribution >= 4 is 5.91 Å². The Balaban J connectivity index is 1.80. The zero-order chi connectivity index (χ0) is 11.6. The first-order chi connectivity index (χ1) is 7.64. The summed E-state index contributed by atoms with van der Waals surface area (Å²) in [6.45, 7) is 3.73. The second kappa shape index (κ2) is 4.74. The van der Waals surface area contributed by atoms with Crippen molar-refractivity contribution in [2.75, 3.05) is 13.1 Å². The average molecular weight is 224 g/mol. The average Bonchev–Trinajstić information content (AvgIpc) is 2.26. The second-order valence-corrected chi connectivity index (χ2v) is 5.64. The molecule has 92 valence electrons. The van der Waals surface area contributed by atoms with Gasteiger partial charge in [-0.3, -0.25) is 4.79 Å². The third-order valence-electron chi connectivity index (χ3n) is 4.03. The van der Waals surface area contributed by atoms with Crippen molar-refractivity contribution in [2.24, 2.45) is 11.7 Å². The molecule has 1 saturated heterocycles. The van der Waals surface area contributed by atoms with E-state index < -0.39 is 0 Å². The van der Waals surface area contributed by atoms with Gasteiger partial charge in [-0.15, -0.1) is 0 Å². The van der Waals surface area contributed by atoms with Crippen molar-refractivity contribution in [1.29, 1.82) is 0 Å². The third kappa shape index (κ3) is 2.40. The van der Waals surface area contributed by atoms with Gasteiger partial charge in [0.1, 0.15) is 0 Å². The van der Waals surface area contributed by atoms with Gasteiger partial charge < -0.3 is 10.6 Å². The molecule has 1 heterocycles. The lowest BCUT2D eigenvalue weighted by molar-refractivity contribution is -0.144. The van der Waals surface area contributed by atoms with E-state index in [1.54, 1.807) is 0 Å². The van der Waals surface area contributed by atoms with E-state index in [9.17, 15) is 4.79 Å². The molecule has 2 N–H and O–H groups in total. The summed E-state index contributed by atoms with van der Waals surface area (Å²) < 4.78 is 0. The maximum Gasteiger partial charge on any atom is 0.225 e. The fraction of sp³-hybridized carbons (Fsp3) is 0.923. The number of carbonyl (C=O) groups is 1. The summed E-state index contributed by atoms with van der Waals surface area (Å²) in [6, 6.07) is 0. The predicted molar refractivity (Wildman–Crippen MR) is 65.0 cm³/mol. The molecule has 1 saturated carbocycles. The molecule has 1 aliphatic carbocycles. The van der Waals surface area contributed by atoms with E-state index in [1.807, 2.05) is 4.90 Å². The molecule has 0 bridgehead atoms. The molecule has 0 atom stereocenters. The van der Waals surface area contributed by atoms with Crippen LogP contribution >= 0.6 is 0 Å². The number of likely N-dealkylation sites (tertiary alicyclic amines) is 1. The first kappa shape index (κ1) is 11.9. The topological polar surface area (TPSA) is 46.3 Å². The number of nitrogens with zero attached hydrogens (tertiary/aromatic N) is 1. The first-order valence-corrected chi connectivity index (χ1v) is 6.72. The summed E-state index contributed by atoms with van der Waals surface area (Å²) in [5, 5.41) is 0. The summed E-state index contributed by atoms with van der Waals surface area (Å²) in [4.78, 5) is 14.1. The summed E-state index contributed by atoms with van der Waals surface area (Å²) in [7, 11) is 0.